The number of thiazole rings is 1. The lowest BCUT2D eigenvalue weighted by Crippen LogP contribution is -2.49. The summed E-state index contributed by atoms with van der Waals surface area (Å²) in [5.41, 5.74) is 1.61. The van der Waals surface area contributed by atoms with Gasteiger partial charge in [-0.15, -0.1) is 0 Å². The Labute approximate surface area is 191 Å². The van der Waals surface area contributed by atoms with Crippen molar-refractivity contribution in [1.82, 2.24) is 15.0 Å². The molecule has 0 unspecified atom stereocenters. The smallest absolute Gasteiger partial charge is 0.259 e. The first kappa shape index (κ1) is 20.8. The van der Waals surface area contributed by atoms with Gasteiger partial charge in [-0.2, -0.15) is 0 Å². The SMILES string of the molecule is Cc1onc(-c2ccccc2Cl)c1C(=O)N1CCN(c2nc3c(F)cc(F)cc3s2)CC1. The number of hydrogen-bond donors (Lipinski definition) is 0. The van der Waals surface area contributed by atoms with Crippen LogP contribution in [-0.2, 0) is 0 Å². The Balaban J connectivity index is 1.35. The predicted octanol–water partition coefficient (Wildman–Crippen LogP) is 5.15. The Bertz CT molecular complexity index is 1330. The molecule has 3 heterocycles. The van der Waals surface area contributed by atoms with Crippen molar-refractivity contribution in [3.05, 3.63) is 64.4 Å². The molecule has 1 aliphatic heterocycles. The minimum atomic E-state index is -0.675. The number of benzene rings is 2. The van der Waals surface area contributed by atoms with Crippen LogP contribution in [-0.4, -0.2) is 47.1 Å². The van der Waals surface area contributed by atoms with Crippen molar-refractivity contribution in [3.8, 4) is 11.3 Å². The molecular weight excluding hydrogens is 458 g/mol. The van der Waals surface area contributed by atoms with Crippen LogP contribution in [0, 0.1) is 18.6 Å². The number of carbonyl (C=O) groups is 1. The molecule has 0 radical (unpaired) electrons. The number of hydrogen-bond acceptors (Lipinski definition) is 6. The minimum absolute atomic E-state index is 0.161. The number of anilines is 1. The van der Waals surface area contributed by atoms with Gasteiger partial charge in [0.05, 0.1) is 9.72 Å². The molecule has 0 aliphatic carbocycles. The first-order valence-electron chi connectivity index (χ1n) is 9.93. The second-order valence-corrected chi connectivity index (χ2v) is 8.87. The monoisotopic (exact) mass is 474 g/mol. The number of fused-ring (bicyclic) bond motifs is 1. The second-order valence-electron chi connectivity index (χ2n) is 7.45. The topological polar surface area (TPSA) is 62.5 Å². The van der Waals surface area contributed by atoms with Crippen LogP contribution in [0.3, 0.4) is 0 Å². The number of carbonyl (C=O) groups excluding carboxylic acids is 1. The summed E-state index contributed by atoms with van der Waals surface area (Å²) < 4.78 is 33.3. The number of aromatic nitrogens is 2. The molecule has 0 saturated carbocycles. The summed E-state index contributed by atoms with van der Waals surface area (Å²) in [5.74, 6) is -1.06. The largest absolute Gasteiger partial charge is 0.360 e. The van der Waals surface area contributed by atoms with Crippen molar-refractivity contribution in [2.45, 2.75) is 6.92 Å². The van der Waals surface area contributed by atoms with E-state index in [4.69, 9.17) is 16.1 Å². The third kappa shape index (κ3) is 3.61. The third-order valence-electron chi connectivity index (χ3n) is 5.44. The van der Waals surface area contributed by atoms with Crippen LogP contribution < -0.4 is 4.90 Å². The van der Waals surface area contributed by atoms with Crippen molar-refractivity contribution in [2.24, 2.45) is 0 Å². The molecule has 0 N–H and O–H groups in total. The Kier molecular flexibility index (Phi) is 5.30. The van der Waals surface area contributed by atoms with Gasteiger partial charge >= 0.3 is 0 Å². The third-order valence-corrected chi connectivity index (χ3v) is 6.84. The van der Waals surface area contributed by atoms with Crippen LogP contribution >= 0.6 is 22.9 Å². The highest BCUT2D eigenvalue weighted by molar-refractivity contribution is 7.22. The molecule has 2 aromatic carbocycles. The lowest BCUT2D eigenvalue weighted by molar-refractivity contribution is 0.0745. The summed E-state index contributed by atoms with van der Waals surface area (Å²) in [5, 5.41) is 5.16. The second kappa shape index (κ2) is 8.14. The average molecular weight is 475 g/mol. The fraction of sp³-hybridized carbons (Fsp3) is 0.227. The van der Waals surface area contributed by atoms with Gasteiger partial charge in [-0.3, -0.25) is 4.79 Å². The molecule has 10 heteroatoms. The average Bonchev–Trinajstić information content (AvgIpc) is 3.37. The zero-order valence-electron chi connectivity index (χ0n) is 16.9. The quantitative estimate of drug-likeness (QED) is 0.410. The maximum atomic E-state index is 14.0. The maximum absolute atomic E-state index is 14.0. The highest BCUT2D eigenvalue weighted by Crippen LogP contribution is 2.33. The summed E-state index contributed by atoms with van der Waals surface area (Å²) in [7, 11) is 0. The van der Waals surface area contributed by atoms with Gasteiger partial charge in [0.1, 0.15) is 28.4 Å². The number of piperazine rings is 1. The van der Waals surface area contributed by atoms with Crippen LogP contribution in [0.2, 0.25) is 5.02 Å². The number of rotatable bonds is 3. The molecule has 0 bridgehead atoms. The van der Waals surface area contributed by atoms with Gasteiger partial charge in [0.2, 0.25) is 0 Å². The Morgan fingerprint density at radius 2 is 1.91 bits per heavy atom. The van der Waals surface area contributed by atoms with Gasteiger partial charge in [-0.05, 0) is 19.1 Å². The van der Waals surface area contributed by atoms with E-state index in [0.29, 0.717) is 63.6 Å². The highest BCUT2D eigenvalue weighted by atomic mass is 35.5. The lowest BCUT2D eigenvalue weighted by Gasteiger charge is -2.34. The number of amides is 1. The van der Waals surface area contributed by atoms with E-state index in [1.165, 1.54) is 17.4 Å². The van der Waals surface area contributed by atoms with Crippen molar-refractivity contribution in [3.63, 3.8) is 0 Å². The molecule has 6 nitrogen and oxygen atoms in total. The summed E-state index contributed by atoms with van der Waals surface area (Å²) in [6.45, 7) is 3.62. The van der Waals surface area contributed by atoms with Crippen LogP contribution in [0.5, 0.6) is 0 Å². The summed E-state index contributed by atoms with van der Waals surface area (Å²) >= 11 is 7.54. The molecule has 164 valence electrons. The van der Waals surface area contributed by atoms with Crippen molar-refractivity contribution >= 4 is 44.2 Å². The van der Waals surface area contributed by atoms with Gasteiger partial charge in [0.25, 0.3) is 5.91 Å². The summed E-state index contributed by atoms with van der Waals surface area (Å²) in [4.78, 5) is 21.3. The fourth-order valence-electron chi connectivity index (χ4n) is 3.80. The van der Waals surface area contributed by atoms with Crippen molar-refractivity contribution < 1.29 is 18.1 Å². The number of halogens is 3. The molecule has 4 aromatic rings. The van der Waals surface area contributed by atoms with Gasteiger partial charge < -0.3 is 14.3 Å². The molecule has 1 saturated heterocycles. The Hall–Kier alpha value is -3.04. The Morgan fingerprint density at radius 1 is 1.16 bits per heavy atom. The van der Waals surface area contributed by atoms with E-state index in [1.807, 2.05) is 17.0 Å². The molecule has 32 heavy (non-hydrogen) atoms. The van der Waals surface area contributed by atoms with Crippen molar-refractivity contribution in [1.29, 1.82) is 0 Å². The van der Waals surface area contributed by atoms with Gasteiger partial charge in [0.15, 0.2) is 10.9 Å². The van der Waals surface area contributed by atoms with Gasteiger partial charge in [-0.1, -0.05) is 46.3 Å². The first-order chi connectivity index (χ1) is 15.4. The van der Waals surface area contributed by atoms with Crippen molar-refractivity contribution in [2.75, 3.05) is 31.1 Å². The zero-order chi connectivity index (χ0) is 22.4. The van der Waals surface area contributed by atoms with E-state index in [2.05, 4.69) is 10.1 Å². The van der Waals surface area contributed by atoms with E-state index in [0.717, 1.165) is 6.07 Å². The van der Waals surface area contributed by atoms with Crippen LogP contribution in [0.4, 0.5) is 13.9 Å². The zero-order valence-corrected chi connectivity index (χ0v) is 18.5. The summed E-state index contributed by atoms with van der Waals surface area (Å²) in [6, 6.07) is 9.28. The summed E-state index contributed by atoms with van der Waals surface area (Å²) in [6.07, 6.45) is 0. The van der Waals surface area contributed by atoms with E-state index >= 15 is 0 Å². The molecule has 0 spiro atoms. The van der Waals surface area contributed by atoms with E-state index in [1.54, 1.807) is 24.0 Å². The molecule has 2 aromatic heterocycles. The standard InChI is InChI=1S/C22H17ClF2N4O2S/c1-12-18(19(27-31-12)14-4-2-3-5-15(14)23)21(30)28-6-8-29(9-7-28)22-26-20-16(25)10-13(24)11-17(20)32-22/h2-5,10-11H,6-9H2,1H3. The number of nitrogens with zero attached hydrogens (tertiary/aromatic N) is 4. The minimum Gasteiger partial charge on any atom is -0.360 e. The predicted molar refractivity (Wildman–Crippen MR) is 119 cm³/mol. The molecule has 1 aliphatic rings. The normalized spacial score (nSPS) is 14.4. The van der Waals surface area contributed by atoms with Gasteiger partial charge in [-0.25, -0.2) is 13.8 Å². The van der Waals surface area contributed by atoms with E-state index < -0.39 is 11.6 Å². The lowest BCUT2D eigenvalue weighted by atomic mass is 10.0. The molecule has 0 atom stereocenters. The molecule has 1 fully saturated rings. The molecular formula is C22H17ClF2N4O2S. The van der Waals surface area contributed by atoms with Crippen LogP contribution in [0.25, 0.3) is 21.5 Å². The fourth-order valence-corrected chi connectivity index (χ4v) is 5.08. The van der Waals surface area contributed by atoms with E-state index in [9.17, 15) is 13.6 Å². The van der Waals surface area contributed by atoms with Gasteiger partial charge in [0, 0.05) is 37.8 Å². The van der Waals surface area contributed by atoms with Crippen LogP contribution in [0.15, 0.2) is 40.9 Å². The van der Waals surface area contributed by atoms with Crippen LogP contribution in [0.1, 0.15) is 16.1 Å². The Morgan fingerprint density at radius 3 is 2.66 bits per heavy atom. The molecule has 1 amide bonds. The van der Waals surface area contributed by atoms with E-state index in [-0.39, 0.29) is 11.4 Å². The maximum Gasteiger partial charge on any atom is 0.259 e. The first-order valence-corrected chi connectivity index (χ1v) is 11.1. The molecule has 5 rings (SSSR count). The number of aryl methyl sites for hydroxylation is 1. The highest BCUT2D eigenvalue weighted by Gasteiger charge is 2.30.